The number of ether oxygens (including phenoxy) is 1. The van der Waals surface area contributed by atoms with Crippen molar-refractivity contribution in [1.29, 1.82) is 0 Å². The number of rotatable bonds is 8. The van der Waals surface area contributed by atoms with E-state index in [1.165, 1.54) is 16.7 Å². The average Bonchev–Trinajstić information content (AvgIpc) is 2.58. The summed E-state index contributed by atoms with van der Waals surface area (Å²) in [6.07, 6.45) is 1.61. The molecule has 2 aromatic rings. The highest BCUT2D eigenvalue weighted by atomic mass is 16.5. The van der Waals surface area contributed by atoms with Gasteiger partial charge in [-0.15, -0.1) is 0 Å². The molecule has 2 aromatic carbocycles. The van der Waals surface area contributed by atoms with Crippen LogP contribution in [-0.4, -0.2) is 25.7 Å². The molecule has 2 rings (SSSR count). The van der Waals surface area contributed by atoms with Gasteiger partial charge in [-0.3, -0.25) is 0 Å². The molecule has 0 saturated heterocycles. The SMILES string of the molecule is Cc1ccc(CCNC(=O)NCCCOc2ccc(C)cc2)cc1. The Hall–Kier alpha value is -2.49. The minimum atomic E-state index is -0.127. The van der Waals surface area contributed by atoms with Crippen LogP contribution in [0.15, 0.2) is 48.5 Å². The van der Waals surface area contributed by atoms with Crippen LogP contribution in [0.1, 0.15) is 23.1 Å². The van der Waals surface area contributed by atoms with Crippen LogP contribution in [-0.2, 0) is 6.42 Å². The first kappa shape index (κ1) is 17.9. The second-order valence-corrected chi connectivity index (χ2v) is 5.93. The fourth-order valence-electron chi connectivity index (χ4n) is 2.24. The van der Waals surface area contributed by atoms with Gasteiger partial charge in [0.05, 0.1) is 6.61 Å². The van der Waals surface area contributed by atoms with Crippen molar-refractivity contribution in [1.82, 2.24) is 10.6 Å². The lowest BCUT2D eigenvalue weighted by molar-refractivity contribution is 0.239. The maximum absolute atomic E-state index is 11.7. The van der Waals surface area contributed by atoms with Crippen LogP contribution >= 0.6 is 0 Å². The lowest BCUT2D eigenvalue weighted by Gasteiger charge is -2.09. The lowest BCUT2D eigenvalue weighted by atomic mass is 10.1. The van der Waals surface area contributed by atoms with Crippen LogP contribution in [0.2, 0.25) is 0 Å². The van der Waals surface area contributed by atoms with Gasteiger partial charge in [-0.2, -0.15) is 0 Å². The summed E-state index contributed by atoms with van der Waals surface area (Å²) < 4.78 is 5.62. The molecule has 0 aromatic heterocycles. The summed E-state index contributed by atoms with van der Waals surface area (Å²) in [5, 5.41) is 5.71. The van der Waals surface area contributed by atoms with E-state index >= 15 is 0 Å². The number of aryl methyl sites for hydroxylation is 2. The summed E-state index contributed by atoms with van der Waals surface area (Å²) in [6, 6.07) is 16.2. The van der Waals surface area contributed by atoms with E-state index in [4.69, 9.17) is 4.74 Å². The predicted octanol–water partition coefficient (Wildman–Crippen LogP) is 3.61. The van der Waals surface area contributed by atoms with Gasteiger partial charge < -0.3 is 15.4 Å². The van der Waals surface area contributed by atoms with Crippen molar-refractivity contribution in [2.75, 3.05) is 19.7 Å². The molecule has 0 unspecified atom stereocenters. The van der Waals surface area contributed by atoms with Gasteiger partial charge >= 0.3 is 6.03 Å². The normalized spacial score (nSPS) is 10.2. The number of benzene rings is 2. The Balaban J connectivity index is 1.51. The quantitative estimate of drug-likeness (QED) is 0.728. The summed E-state index contributed by atoms with van der Waals surface area (Å²) in [6.45, 7) is 5.94. The highest BCUT2D eigenvalue weighted by Crippen LogP contribution is 2.11. The van der Waals surface area contributed by atoms with E-state index in [9.17, 15) is 4.79 Å². The third-order valence-electron chi connectivity index (χ3n) is 3.72. The summed E-state index contributed by atoms with van der Waals surface area (Å²) in [4.78, 5) is 11.7. The number of carbonyl (C=O) groups is 1. The van der Waals surface area contributed by atoms with Crippen LogP contribution in [0.25, 0.3) is 0 Å². The van der Waals surface area contributed by atoms with E-state index in [0.29, 0.717) is 19.7 Å². The zero-order chi connectivity index (χ0) is 17.2. The summed E-state index contributed by atoms with van der Waals surface area (Å²) in [5.74, 6) is 0.864. The van der Waals surface area contributed by atoms with E-state index in [1.807, 2.05) is 31.2 Å². The van der Waals surface area contributed by atoms with Gasteiger partial charge in [0.1, 0.15) is 5.75 Å². The molecular weight excluding hydrogens is 300 g/mol. The molecule has 24 heavy (non-hydrogen) atoms. The summed E-state index contributed by atoms with van der Waals surface area (Å²) >= 11 is 0. The molecule has 0 bridgehead atoms. The zero-order valence-corrected chi connectivity index (χ0v) is 14.5. The predicted molar refractivity (Wildman–Crippen MR) is 97.6 cm³/mol. The van der Waals surface area contributed by atoms with Gasteiger partial charge in [-0.1, -0.05) is 47.5 Å². The van der Waals surface area contributed by atoms with Crippen LogP contribution < -0.4 is 15.4 Å². The van der Waals surface area contributed by atoms with Gasteiger partial charge in [0.25, 0.3) is 0 Å². The van der Waals surface area contributed by atoms with E-state index in [1.54, 1.807) is 0 Å². The Morgan fingerprint density at radius 3 is 2.12 bits per heavy atom. The molecule has 128 valence electrons. The number of urea groups is 1. The molecule has 0 atom stereocenters. The Morgan fingerprint density at radius 2 is 1.46 bits per heavy atom. The number of carbonyl (C=O) groups excluding carboxylic acids is 1. The minimum absolute atomic E-state index is 0.127. The van der Waals surface area contributed by atoms with Gasteiger partial charge in [-0.05, 0) is 44.4 Å². The minimum Gasteiger partial charge on any atom is -0.494 e. The van der Waals surface area contributed by atoms with E-state index in [2.05, 4.69) is 41.8 Å². The monoisotopic (exact) mass is 326 g/mol. The molecular formula is C20H26N2O2. The van der Waals surface area contributed by atoms with Gasteiger partial charge in [0.2, 0.25) is 0 Å². The van der Waals surface area contributed by atoms with Crippen molar-refractivity contribution in [2.45, 2.75) is 26.7 Å². The smallest absolute Gasteiger partial charge is 0.314 e. The maximum atomic E-state index is 11.7. The van der Waals surface area contributed by atoms with Crippen molar-refractivity contribution in [3.8, 4) is 5.75 Å². The lowest BCUT2D eigenvalue weighted by Crippen LogP contribution is -2.37. The highest BCUT2D eigenvalue weighted by molar-refractivity contribution is 5.73. The van der Waals surface area contributed by atoms with Gasteiger partial charge in [0.15, 0.2) is 0 Å². The summed E-state index contributed by atoms with van der Waals surface area (Å²) in [7, 11) is 0. The highest BCUT2D eigenvalue weighted by Gasteiger charge is 2.00. The van der Waals surface area contributed by atoms with Crippen molar-refractivity contribution in [3.05, 3.63) is 65.2 Å². The number of hydrogen-bond acceptors (Lipinski definition) is 2. The Bertz CT molecular complexity index is 621. The Morgan fingerprint density at radius 1 is 0.875 bits per heavy atom. The van der Waals surface area contributed by atoms with Crippen LogP contribution in [0.5, 0.6) is 5.75 Å². The molecule has 4 heteroatoms. The molecule has 0 aliphatic carbocycles. The third-order valence-corrected chi connectivity index (χ3v) is 3.72. The van der Waals surface area contributed by atoms with Crippen molar-refractivity contribution < 1.29 is 9.53 Å². The first-order chi connectivity index (χ1) is 11.6. The van der Waals surface area contributed by atoms with Crippen molar-refractivity contribution >= 4 is 6.03 Å². The number of nitrogens with one attached hydrogen (secondary N) is 2. The van der Waals surface area contributed by atoms with E-state index in [0.717, 1.165) is 18.6 Å². The standard InChI is InChI=1S/C20H26N2O2/c1-16-4-8-18(9-5-16)12-14-22-20(23)21-13-3-15-24-19-10-6-17(2)7-11-19/h4-11H,3,12-15H2,1-2H3,(H2,21,22,23). The van der Waals surface area contributed by atoms with E-state index < -0.39 is 0 Å². The number of amides is 2. The largest absolute Gasteiger partial charge is 0.494 e. The maximum Gasteiger partial charge on any atom is 0.314 e. The van der Waals surface area contributed by atoms with Crippen molar-refractivity contribution in [3.63, 3.8) is 0 Å². The van der Waals surface area contributed by atoms with Crippen molar-refractivity contribution in [2.24, 2.45) is 0 Å². The molecule has 2 amide bonds. The molecule has 0 fully saturated rings. The first-order valence-electron chi connectivity index (χ1n) is 8.40. The topological polar surface area (TPSA) is 50.4 Å². The Kier molecular flexibility index (Phi) is 7.15. The Labute approximate surface area is 144 Å². The molecule has 0 radical (unpaired) electrons. The van der Waals surface area contributed by atoms with Gasteiger partial charge in [0, 0.05) is 13.1 Å². The second-order valence-electron chi connectivity index (χ2n) is 5.93. The fourth-order valence-corrected chi connectivity index (χ4v) is 2.24. The summed E-state index contributed by atoms with van der Waals surface area (Å²) in [5.41, 5.74) is 3.69. The molecule has 0 saturated carbocycles. The van der Waals surface area contributed by atoms with Crippen LogP contribution in [0, 0.1) is 13.8 Å². The van der Waals surface area contributed by atoms with E-state index in [-0.39, 0.29) is 6.03 Å². The number of hydrogen-bond donors (Lipinski definition) is 2. The third kappa shape index (κ3) is 6.73. The van der Waals surface area contributed by atoms with Crippen LogP contribution in [0.4, 0.5) is 4.79 Å². The zero-order valence-electron chi connectivity index (χ0n) is 14.5. The van der Waals surface area contributed by atoms with Crippen LogP contribution in [0.3, 0.4) is 0 Å². The molecule has 0 aliphatic rings. The average molecular weight is 326 g/mol. The first-order valence-corrected chi connectivity index (χ1v) is 8.40. The molecule has 0 spiro atoms. The second kappa shape index (κ2) is 9.60. The molecule has 2 N–H and O–H groups in total. The van der Waals surface area contributed by atoms with Gasteiger partial charge in [-0.25, -0.2) is 4.79 Å². The fraction of sp³-hybridized carbons (Fsp3) is 0.350. The molecule has 4 nitrogen and oxygen atoms in total. The molecule has 0 aliphatic heterocycles. The molecule has 0 heterocycles.